The summed E-state index contributed by atoms with van der Waals surface area (Å²) in [5, 5.41) is 25.7. The van der Waals surface area contributed by atoms with Gasteiger partial charge in [-0.1, -0.05) is 0 Å². The van der Waals surface area contributed by atoms with E-state index in [4.69, 9.17) is 0 Å². The molecule has 3 aliphatic rings. The van der Waals surface area contributed by atoms with Gasteiger partial charge < -0.3 is 20.4 Å². The molecule has 8 heteroatoms. The van der Waals surface area contributed by atoms with Crippen LogP contribution in [0.2, 0.25) is 0 Å². The molecule has 0 aromatic heterocycles. The third kappa shape index (κ3) is 2.99. The average Bonchev–Trinajstić information content (AvgIpc) is 2.82. The topological polar surface area (TPSA) is 105 Å². The molecule has 0 aliphatic carbocycles. The van der Waals surface area contributed by atoms with Gasteiger partial charge in [0.25, 0.3) is 11.8 Å². The largest absolute Gasteiger partial charge is 0.379 e. The summed E-state index contributed by atoms with van der Waals surface area (Å²) in [4.78, 5) is 29.0. The molecule has 0 bridgehead atoms. The Hall–Kier alpha value is -2.00. The van der Waals surface area contributed by atoms with Crippen molar-refractivity contribution in [2.75, 3.05) is 31.1 Å². The van der Waals surface area contributed by atoms with Crippen molar-refractivity contribution in [3.05, 3.63) is 29.3 Å². The standard InChI is InChI=1S/C18H24N4O4/c23-15-5-4-14(16(24)20-15)22-17(25)12-3-2-11(10-13(12)18(22)26)21-8-1-6-19-7-9-21/h2-3,10,14-16,19-20,23-24H,1,4-9H2. The van der Waals surface area contributed by atoms with Gasteiger partial charge in [0.1, 0.15) is 12.5 Å². The van der Waals surface area contributed by atoms with Crippen molar-refractivity contribution in [1.29, 1.82) is 0 Å². The van der Waals surface area contributed by atoms with E-state index in [0.717, 1.165) is 43.2 Å². The number of benzene rings is 1. The fourth-order valence-corrected chi connectivity index (χ4v) is 4.00. The van der Waals surface area contributed by atoms with Crippen molar-refractivity contribution in [3.8, 4) is 0 Å². The van der Waals surface area contributed by atoms with Gasteiger partial charge in [-0.05, 0) is 44.0 Å². The summed E-state index contributed by atoms with van der Waals surface area (Å²) in [5.41, 5.74) is 1.71. The molecular formula is C18H24N4O4. The molecule has 140 valence electrons. The summed E-state index contributed by atoms with van der Waals surface area (Å²) in [5.74, 6) is -0.752. The maximum Gasteiger partial charge on any atom is 0.262 e. The van der Waals surface area contributed by atoms with Gasteiger partial charge in [0.15, 0.2) is 0 Å². The average molecular weight is 360 g/mol. The molecular weight excluding hydrogens is 336 g/mol. The highest BCUT2D eigenvalue weighted by atomic mass is 16.3. The zero-order valence-corrected chi connectivity index (χ0v) is 14.5. The number of aliphatic hydroxyl groups is 2. The van der Waals surface area contributed by atoms with Crippen LogP contribution in [0, 0.1) is 0 Å². The molecule has 0 radical (unpaired) electrons. The van der Waals surface area contributed by atoms with Crippen molar-refractivity contribution in [1.82, 2.24) is 15.5 Å². The van der Waals surface area contributed by atoms with Gasteiger partial charge in [0, 0.05) is 25.3 Å². The molecule has 1 aromatic carbocycles. The SMILES string of the molecule is O=C1c2ccc(N3CCCNCC3)cc2C(=O)N1C1CCC(O)NC1O. The van der Waals surface area contributed by atoms with Crippen LogP contribution in [0.4, 0.5) is 5.69 Å². The first-order valence-corrected chi connectivity index (χ1v) is 9.16. The van der Waals surface area contributed by atoms with E-state index in [0.29, 0.717) is 24.0 Å². The number of fused-ring (bicyclic) bond motifs is 1. The monoisotopic (exact) mass is 360 g/mol. The number of hydrogen-bond acceptors (Lipinski definition) is 7. The number of rotatable bonds is 2. The number of aliphatic hydroxyl groups excluding tert-OH is 2. The first kappa shape index (κ1) is 17.4. The summed E-state index contributed by atoms with van der Waals surface area (Å²) in [6.45, 7) is 3.62. The lowest BCUT2D eigenvalue weighted by atomic mass is 10.0. The molecule has 0 spiro atoms. The number of piperidine rings is 1. The summed E-state index contributed by atoms with van der Waals surface area (Å²) in [7, 11) is 0. The maximum absolute atomic E-state index is 12.9. The number of carbonyl (C=O) groups excluding carboxylic acids is 2. The van der Waals surface area contributed by atoms with E-state index in [1.807, 2.05) is 6.07 Å². The van der Waals surface area contributed by atoms with Gasteiger partial charge in [0.05, 0.1) is 17.2 Å². The molecule has 3 aliphatic heterocycles. The van der Waals surface area contributed by atoms with Crippen LogP contribution in [0.1, 0.15) is 40.0 Å². The summed E-state index contributed by atoms with van der Waals surface area (Å²) < 4.78 is 0. The van der Waals surface area contributed by atoms with Gasteiger partial charge in [-0.15, -0.1) is 0 Å². The number of nitrogens with zero attached hydrogens (tertiary/aromatic N) is 2. The molecule has 0 saturated carbocycles. The predicted octanol–water partition coefficient (Wildman–Crippen LogP) is -0.529. The van der Waals surface area contributed by atoms with Crippen LogP contribution in [0.5, 0.6) is 0 Å². The van der Waals surface area contributed by atoms with Crippen LogP contribution in [-0.2, 0) is 0 Å². The first-order chi connectivity index (χ1) is 12.6. The van der Waals surface area contributed by atoms with Crippen LogP contribution in [0.15, 0.2) is 18.2 Å². The van der Waals surface area contributed by atoms with E-state index in [2.05, 4.69) is 15.5 Å². The highest BCUT2D eigenvalue weighted by Crippen LogP contribution is 2.31. The fourth-order valence-electron chi connectivity index (χ4n) is 4.00. The third-order valence-corrected chi connectivity index (χ3v) is 5.40. The van der Waals surface area contributed by atoms with Crippen LogP contribution in [-0.4, -0.2) is 71.6 Å². The van der Waals surface area contributed by atoms with Crippen molar-refractivity contribution >= 4 is 17.5 Å². The maximum atomic E-state index is 12.9. The van der Waals surface area contributed by atoms with E-state index in [-0.39, 0.29) is 11.8 Å². The Morgan fingerprint density at radius 1 is 1.00 bits per heavy atom. The van der Waals surface area contributed by atoms with Gasteiger partial charge in [-0.3, -0.25) is 19.8 Å². The fraction of sp³-hybridized carbons (Fsp3) is 0.556. The van der Waals surface area contributed by atoms with Crippen molar-refractivity contribution in [2.24, 2.45) is 0 Å². The van der Waals surface area contributed by atoms with Gasteiger partial charge in [-0.25, -0.2) is 0 Å². The lowest BCUT2D eigenvalue weighted by molar-refractivity contribution is -0.0413. The van der Waals surface area contributed by atoms with E-state index in [1.165, 1.54) is 0 Å². The van der Waals surface area contributed by atoms with E-state index in [9.17, 15) is 19.8 Å². The van der Waals surface area contributed by atoms with Gasteiger partial charge in [0.2, 0.25) is 0 Å². The van der Waals surface area contributed by atoms with Crippen molar-refractivity contribution in [2.45, 2.75) is 37.8 Å². The molecule has 3 heterocycles. The van der Waals surface area contributed by atoms with Crippen molar-refractivity contribution in [3.63, 3.8) is 0 Å². The van der Waals surface area contributed by atoms with E-state index >= 15 is 0 Å². The lowest BCUT2D eigenvalue weighted by Gasteiger charge is -2.36. The number of imide groups is 1. The highest BCUT2D eigenvalue weighted by molar-refractivity contribution is 6.22. The number of hydrogen-bond donors (Lipinski definition) is 4. The minimum Gasteiger partial charge on any atom is -0.379 e. The van der Waals surface area contributed by atoms with E-state index < -0.39 is 18.5 Å². The summed E-state index contributed by atoms with van der Waals surface area (Å²) >= 11 is 0. The Morgan fingerprint density at radius 3 is 2.62 bits per heavy atom. The van der Waals surface area contributed by atoms with Crippen LogP contribution < -0.4 is 15.5 Å². The number of carbonyl (C=O) groups is 2. The second-order valence-corrected chi connectivity index (χ2v) is 7.07. The van der Waals surface area contributed by atoms with Gasteiger partial charge >= 0.3 is 0 Å². The molecule has 4 N–H and O–H groups in total. The molecule has 2 fully saturated rings. The highest BCUT2D eigenvalue weighted by Gasteiger charge is 2.44. The molecule has 3 atom stereocenters. The molecule has 2 amide bonds. The van der Waals surface area contributed by atoms with Gasteiger partial charge in [-0.2, -0.15) is 0 Å². The first-order valence-electron chi connectivity index (χ1n) is 9.16. The molecule has 4 rings (SSSR count). The molecule has 3 unspecified atom stereocenters. The normalized spacial score (nSPS) is 29.7. The molecule has 8 nitrogen and oxygen atoms in total. The second kappa shape index (κ2) is 6.96. The Balaban J connectivity index is 1.60. The van der Waals surface area contributed by atoms with Crippen LogP contribution in [0.25, 0.3) is 0 Å². The quantitative estimate of drug-likeness (QED) is 0.526. The zero-order chi connectivity index (χ0) is 18.3. The van der Waals surface area contributed by atoms with Crippen molar-refractivity contribution < 1.29 is 19.8 Å². The van der Waals surface area contributed by atoms with Crippen LogP contribution in [0.3, 0.4) is 0 Å². The van der Waals surface area contributed by atoms with E-state index in [1.54, 1.807) is 12.1 Å². The Labute approximate surface area is 151 Å². The Kier molecular flexibility index (Phi) is 4.66. The Morgan fingerprint density at radius 2 is 1.81 bits per heavy atom. The minimum absolute atomic E-state index is 0.367. The smallest absolute Gasteiger partial charge is 0.262 e. The summed E-state index contributed by atoms with van der Waals surface area (Å²) in [6, 6.07) is 4.72. The number of amides is 2. The molecule has 1 aromatic rings. The lowest BCUT2D eigenvalue weighted by Crippen LogP contribution is -2.58. The number of anilines is 1. The number of nitrogens with one attached hydrogen (secondary N) is 2. The molecule has 2 saturated heterocycles. The summed E-state index contributed by atoms with van der Waals surface area (Å²) in [6.07, 6.45) is -0.179. The second-order valence-electron chi connectivity index (χ2n) is 7.07. The zero-order valence-electron chi connectivity index (χ0n) is 14.5. The Bertz CT molecular complexity index is 717. The third-order valence-electron chi connectivity index (χ3n) is 5.40. The van der Waals surface area contributed by atoms with Crippen LogP contribution >= 0.6 is 0 Å². The minimum atomic E-state index is -1.13. The molecule has 26 heavy (non-hydrogen) atoms. The predicted molar refractivity (Wildman–Crippen MR) is 94.8 cm³/mol.